The number of carbonyl (C=O) groups excluding carboxylic acids is 2. The Hall–Kier alpha value is -2.83. The Labute approximate surface area is 123 Å². The van der Waals surface area contributed by atoms with Gasteiger partial charge in [0.2, 0.25) is 0 Å². The van der Waals surface area contributed by atoms with Gasteiger partial charge in [-0.05, 0) is 42.0 Å². The second-order valence-electron chi connectivity index (χ2n) is 4.40. The lowest BCUT2D eigenvalue weighted by Crippen LogP contribution is -2.22. The smallest absolute Gasteiger partial charge is 0.416 e. The SMILES string of the molecule is O=C([O-])c1cccc(NC(=O)c2ccc(C(F)(F)F)cc2)c1. The van der Waals surface area contributed by atoms with Gasteiger partial charge in [0.1, 0.15) is 0 Å². The molecule has 2 aromatic carbocycles. The molecular weight excluding hydrogens is 299 g/mol. The van der Waals surface area contributed by atoms with Gasteiger partial charge < -0.3 is 15.2 Å². The van der Waals surface area contributed by atoms with E-state index in [2.05, 4.69) is 5.32 Å². The number of halogens is 3. The average Bonchev–Trinajstić information content (AvgIpc) is 2.46. The van der Waals surface area contributed by atoms with Crippen molar-refractivity contribution >= 4 is 17.6 Å². The first-order valence-electron chi connectivity index (χ1n) is 6.07. The number of hydrogen-bond acceptors (Lipinski definition) is 3. The number of carboxylic acid groups (broad SMARTS) is 1. The minimum atomic E-state index is -4.47. The highest BCUT2D eigenvalue weighted by Gasteiger charge is 2.30. The lowest BCUT2D eigenvalue weighted by atomic mass is 10.1. The van der Waals surface area contributed by atoms with Crippen LogP contribution < -0.4 is 10.4 Å². The Bertz CT molecular complexity index is 709. The molecule has 0 fully saturated rings. The number of anilines is 1. The monoisotopic (exact) mass is 308 g/mol. The molecule has 0 saturated carbocycles. The zero-order chi connectivity index (χ0) is 16.3. The third-order valence-electron chi connectivity index (χ3n) is 2.83. The van der Waals surface area contributed by atoms with Crippen LogP contribution in [-0.2, 0) is 6.18 Å². The number of carboxylic acids is 1. The second-order valence-corrected chi connectivity index (χ2v) is 4.40. The van der Waals surface area contributed by atoms with Crippen LogP contribution >= 0.6 is 0 Å². The number of carbonyl (C=O) groups is 2. The van der Waals surface area contributed by atoms with Crippen molar-refractivity contribution in [3.63, 3.8) is 0 Å². The first-order chi connectivity index (χ1) is 10.3. The van der Waals surface area contributed by atoms with Gasteiger partial charge in [-0.2, -0.15) is 13.2 Å². The standard InChI is InChI=1S/C15H10F3NO3/c16-15(17,18)11-6-4-9(5-7-11)13(20)19-12-3-1-2-10(8-12)14(21)22/h1-8H,(H,19,20)(H,21,22)/p-1. The number of amides is 1. The molecule has 0 saturated heterocycles. The van der Waals surface area contributed by atoms with Crippen LogP contribution in [0.1, 0.15) is 26.3 Å². The Morgan fingerprint density at radius 3 is 2.14 bits per heavy atom. The van der Waals surface area contributed by atoms with Gasteiger partial charge in [-0.15, -0.1) is 0 Å². The zero-order valence-electron chi connectivity index (χ0n) is 11.0. The van der Waals surface area contributed by atoms with E-state index in [0.29, 0.717) is 0 Å². The van der Waals surface area contributed by atoms with Crippen molar-refractivity contribution in [2.75, 3.05) is 5.32 Å². The van der Waals surface area contributed by atoms with Gasteiger partial charge in [-0.1, -0.05) is 12.1 Å². The van der Waals surface area contributed by atoms with Crippen LogP contribution in [-0.4, -0.2) is 11.9 Å². The molecule has 0 bridgehead atoms. The fourth-order valence-corrected chi connectivity index (χ4v) is 1.74. The molecule has 1 N–H and O–H groups in total. The zero-order valence-corrected chi connectivity index (χ0v) is 11.0. The van der Waals surface area contributed by atoms with Gasteiger partial charge in [0.15, 0.2) is 0 Å². The van der Waals surface area contributed by atoms with E-state index >= 15 is 0 Å². The third-order valence-corrected chi connectivity index (χ3v) is 2.83. The molecule has 0 heterocycles. The minimum absolute atomic E-state index is 0.0202. The molecule has 7 heteroatoms. The molecule has 0 aromatic heterocycles. The van der Waals surface area contributed by atoms with E-state index in [-0.39, 0.29) is 16.8 Å². The van der Waals surface area contributed by atoms with Crippen molar-refractivity contribution < 1.29 is 27.9 Å². The van der Waals surface area contributed by atoms with Crippen LogP contribution in [0.25, 0.3) is 0 Å². The summed E-state index contributed by atoms with van der Waals surface area (Å²) in [6.07, 6.45) is -4.47. The van der Waals surface area contributed by atoms with E-state index in [1.807, 2.05) is 0 Å². The van der Waals surface area contributed by atoms with Crippen molar-refractivity contribution in [2.24, 2.45) is 0 Å². The van der Waals surface area contributed by atoms with Crippen LogP contribution in [0.5, 0.6) is 0 Å². The molecule has 0 spiro atoms. The summed E-state index contributed by atoms with van der Waals surface area (Å²) in [5.74, 6) is -2.05. The topological polar surface area (TPSA) is 69.2 Å². The highest BCUT2D eigenvalue weighted by molar-refractivity contribution is 6.04. The van der Waals surface area contributed by atoms with Crippen LogP contribution in [0, 0.1) is 0 Å². The van der Waals surface area contributed by atoms with E-state index in [9.17, 15) is 27.9 Å². The lowest BCUT2D eigenvalue weighted by Gasteiger charge is -2.09. The Kier molecular flexibility index (Phi) is 4.16. The lowest BCUT2D eigenvalue weighted by molar-refractivity contribution is -0.255. The fourth-order valence-electron chi connectivity index (χ4n) is 1.74. The summed E-state index contributed by atoms with van der Waals surface area (Å²) in [5, 5.41) is 13.1. The van der Waals surface area contributed by atoms with E-state index in [0.717, 1.165) is 24.3 Å². The molecule has 0 aliphatic rings. The van der Waals surface area contributed by atoms with E-state index in [1.165, 1.54) is 24.3 Å². The van der Waals surface area contributed by atoms with Crippen LogP contribution in [0.15, 0.2) is 48.5 Å². The highest BCUT2D eigenvalue weighted by Crippen LogP contribution is 2.29. The van der Waals surface area contributed by atoms with Gasteiger partial charge in [-0.25, -0.2) is 0 Å². The average molecular weight is 308 g/mol. The van der Waals surface area contributed by atoms with Crippen molar-refractivity contribution in [2.45, 2.75) is 6.18 Å². The molecule has 114 valence electrons. The number of benzene rings is 2. The molecule has 22 heavy (non-hydrogen) atoms. The van der Waals surface area contributed by atoms with Gasteiger partial charge in [0.25, 0.3) is 5.91 Å². The minimum Gasteiger partial charge on any atom is -0.545 e. The van der Waals surface area contributed by atoms with Crippen LogP contribution in [0.3, 0.4) is 0 Å². The number of rotatable bonds is 3. The molecular formula is C15H9F3NO3-. The van der Waals surface area contributed by atoms with Gasteiger partial charge in [0, 0.05) is 11.3 Å². The molecule has 2 rings (SSSR count). The van der Waals surface area contributed by atoms with Crippen LogP contribution in [0.2, 0.25) is 0 Å². The Morgan fingerprint density at radius 2 is 1.59 bits per heavy atom. The van der Waals surface area contributed by atoms with E-state index in [4.69, 9.17) is 0 Å². The Morgan fingerprint density at radius 1 is 0.955 bits per heavy atom. The summed E-state index contributed by atoms with van der Waals surface area (Å²) in [6.45, 7) is 0. The molecule has 4 nitrogen and oxygen atoms in total. The first-order valence-corrected chi connectivity index (χ1v) is 6.07. The maximum Gasteiger partial charge on any atom is 0.416 e. The molecule has 2 aromatic rings. The fraction of sp³-hybridized carbons (Fsp3) is 0.0667. The van der Waals surface area contributed by atoms with Crippen molar-refractivity contribution in [3.05, 3.63) is 65.2 Å². The molecule has 0 aliphatic heterocycles. The normalized spacial score (nSPS) is 11.0. The summed E-state index contributed by atoms with van der Waals surface area (Å²) in [4.78, 5) is 22.6. The number of aromatic carboxylic acids is 1. The molecule has 0 aliphatic carbocycles. The van der Waals surface area contributed by atoms with Gasteiger partial charge >= 0.3 is 6.18 Å². The summed E-state index contributed by atoms with van der Waals surface area (Å²) < 4.78 is 37.3. The highest BCUT2D eigenvalue weighted by atomic mass is 19.4. The third kappa shape index (κ3) is 3.63. The molecule has 0 radical (unpaired) electrons. The largest absolute Gasteiger partial charge is 0.545 e. The quantitative estimate of drug-likeness (QED) is 0.946. The Balaban J connectivity index is 2.15. The predicted molar refractivity (Wildman–Crippen MR) is 70.2 cm³/mol. The number of hydrogen-bond donors (Lipinski definition) is 1. The maximum absolute atomic E-state index is 12.4. The van der Waals surface area contributed by atoms with Crippen molar-refractivity contribution in [3.8, 4) is 0 Å². The number of nitrogens with one attached hydrogen (secondary N) is 1. The van der Waals surface area contributed by atoms with Crippen molar-refractivity contribution in [1.29, 1.82) is 0 Å². The van der Waals surface area contributed by atoms with E-state index < -0.39 is 23.6 Å². The van der Waals surface area contributed by atoms with Gasteiger partial charge in [0.05, 0.1) is 11.5 Å². The predicted octanol–water partition coefficient (Wildman–Crippen LogP) is 2.32. The maximum atomic E-state index is 12.4. The van der Waals surface area contributed by atoms with E-state index in [1.54, 1.807) is 0 Å². The summed E-state index contributed by atoms with van der Waals surface area (Å²) in [6, 6.07) is 9.03. The summed E-state index contributed by atoms with van der Waals surface area (Å²) in [7, 11) is 0. The van der Waals surface area contributed by atoms with Crippen LogP contribution in [0.4, 0.5) is 18.9 Å². The first kappa shape index (κ1) is 15.6. The second kappa shape index (κ2) is 5.88. The molecule has 0 unspecified atom stereocenters. The summed E-state index contributed by atoms with van der Waals surface area (Å²) in [5.41, 5.74) is -0.758. The summed E-state index contributed by atoms with van der Waals surface area (Å²) >= 11 is 0. The molecule has 0 atom stereocenters. The van der Waals surface area contributed by atoms with Crippen molar-refractivity contribution in [1.82, 2.24) is 0 Å². The molecule has 1 amide bonds. The number of alkyl halides is 3. The van der Waals surface area contributed by atoms with Gasteiger partial charge in [-0.3, -0.25) is 4.79 Å².